The Morgan fingerprint density at radius 2 is 1.59 bits per heavy atom. The van der Waals surface area contributed by atoms with E-state index < -0.39 is 6.04 Å². The zero-order chi connectivity index (χ0) is 21.9. The van der Waals surface area contributed by atoms with E-state index in [0.29, 0.717) is 5.82 Å². The molecule has 0 amide bonds. The standard InChI is InChI=1S/C26H22N4O2/c1-18-28-29-26-22(16-24(31)32-17-19-10-4-2-5-11-19)27-25(20-12-6-3-7-13-20)21-14-8-9-15-23(21)30(18)26/h2-15,22H,16-17H2,1H3. The van der Waals surface area contributed by atoms with Crippen LogP contribution in [-0.2, 0) is 16.1 Å². The Bertz CT molecular complexity index is 1280. The number of aryl methyl sites for hydroxylation is 1. The van der Waals surface area contributed by atoms with Gasteiger partial charge in [0.2, 0.25) is 0 Å². The number of nitrogens with zero attached hydrogens (tertiary/aromatic N) is 4. The average molecular weight is 422 g/mol. The Labute approximate surface area is 186 Å². The molecule has 0 bridgehead atoms. The van der Waals surface area contributed by atoms with E-state index >= 15 is 0 Å². The summed E-state index contributed by atoms with van der Waals surface area (Å²) in [6, 6.07) is 27.2. The molecule has 5 rings (SSSR count). The number of rotatable bonds is 5. The zero-order valence-corrected chi connectivity index (χ0v) is 17.7. The number of hydrogen-bond donors (Lipinski definition) is 0. The Balaban J connectivity index is 1.53. The Hall–Kier alpha value is -4.06. The molecule has 3 aromatic carbocycles. The van der Waals surface area contributed by atoms with Crippen molar-refractivity contribution in [1.82, 2.24) is 14.8 Å². The molecule has 0 radical (unpaired) electrons. The number of carbonyl (C=O) groups excluding carboxylic acids is 1. The van der Waals surface area contributed by atoms with Gasteiger partial charge in [-0.2, -0.15) is 0 Å². The second-order valence-corrected chi connectivity index (χ2v) is 7.67. The fourth-order valence-electron chi connectivity index (χ4n) is 3.96. The number of para-hydroxylation sites is 1. The van der Waals surface area contributed by atoms with Gasteiger partial charge in [-0.3, -0.25) is 14.4 Å². The van der Waals surface area contributed by atoms with Gasteiger partial charge in [-0.25, -0.2) is 0 Å². The number of benzene rings is 3. The molecule has 32 heavy (non-hydrogen) atoms. The van der Waals surface area contributed by atoms with Gasteiger partial charge < -0.3 is 4.74 Å². The summed E-state index contributed by atoms with van der Waals surface area (Å²) in [5.41, 5.74) is 4.68. The van der Waals surface area contributed by atoms with Crippen molar-refractivity contribution in [3.8, 4) is 5.69 Å². The molecule has 0 spiro atoms. The van der Waals surface area contributed by atoms with Crippen LogP contribution in [0.1, 0.15) is 40.8 Å². The molecule has 0 fully saturated rings. The van der Waals surface area contributed by atoms with Crippen LogP contribution in [0.2, 0.25) is 0 Å². The molecule has 1 atom stereocenters. The third-order valence-electron chi connectivity index (χ3n) is 5.48. The van der Waals surface area contributed by atoms with E-state index in [9.17, 15) is 4.79 Å². The van der Waals surface area contributed by atoms with E-state index in [-0.39, 0.29) is 19.0 Å². The molecule has 6 heteroatoms. The number of ether oxygens (including phenoxy) is 1. The summed E-state index contributed by atoms with van der Waals surface area (Å²) < 4.78 is 7.54. The fraction of sp³-hybridized carbons (Fsp3) is 0.154. The van der Waals surface area contributed by atoms with Crippen molar-refractivity contribution in [3.63, 3.8) is 0 Å². The molecule has 0 aliphatic carbocycles. The summed E-state index contributed by atoms with van der Waals surface area (Å²) in [5.74, 6) is 1.06. The van der Waals surface area contributed by atoms with Crippen LogP contribution in [0.4, 0.5) is 0 Å². The smallest absolute Gasteiger partial charge is 0.308 e. The number of fused-ring (bicyclic) bond motifs is 3. The monoisotopic (exact) mass is 422 g/mol. The lowest BCUT2D eigenvalue weighted by Gasteiger charge is -2.12. The predicted octanol–water partition coefficient (Wildman–Crippen LogP) is 4.60. The third kappa shape index (κ3) is 3.83. The van der Waals surface area contributed by atoms with Gasteiger partial charge in [0, 0.05) is 11.1 Å². The molecule has 0 saturated heterocycles. The highest BCUT2D eigenvalue weighted by Crippen LogP contribution is 2.32. The predicted molar refractivity (Wildman–Crippen MR) is 122 cm³/mol. The van der Waals surface area contributed by atoms with E-state index in [4.69, 9.17) is 9.73 Å². The Morgan fingerprint density at radius 1 is 0.906 bits per heavy atom. The van der Waals surface area contributed by atoms with Crippen molar-refractivity contribution in [2.24, 2.45) is 4.99 Å². The summed E-state index contributed by atoms with van der Waals surface area (Å²) >= 11 is 0. The van der Waals surface area contributed by atoms with E-state index in [1.807, 2.05) is 96.4 Å². The van der Waals surface area contributed by atoms with Crippen LogP contribution in [0.25, 0.3) is 5.69 Å². The Kier molecular flexibility index (Phi) is 5.34. The first-order chi connectivity index (χ1) is 15.7. The van der Waals surface area contributed by atoms with Crippen LogP contribution < -0.4 is 0 Å². The maximum absolute atomic E-state index is 12.8. The molecular formula is C26H22N4O2. The average Bonchev–Trinajstić information content (AvgIpc) is 3.16. The van der Waals surface area contributed by atoms with Gasteiger partial charge in [0.05, 0.1) is 17.8 Å². The lowest BCUT2D eigenvalue weighted by atomic mass is 10.0. The minimum Gasteiger partial charge on any atom is -0.461 e. The Morgan fingerprint density at radius 3 is 2.38 bits per heavy atom. The van der Waals surface area contributed by atoms with Crippen LogP contribution in [0.15, 0.2) is 89.9 Å². The molecule has 1 unspecified atom stereocenters. The van der Waals surface area contributed by atoms with Crippen molar-refractivity contribution in [1.29, 1.82) is 0 Å². The molecule has 1 aliphatic heterocycles. The second-order valence-electron chi connectivity index (χ2n) is 7.67. The van der Waals surface area contributed by atoms with E-state index in [1.54, 1.807) is 0 Å². The number of aromatic nitrogens is 3. The molecule has 1 aromatic heterocycles. The maximum Gasteiger partial charge on any atom is 0.308 e. The summed E-state index contributed by atoms with van der Waals surface area (Å²) in [6.07, 6.45) is 0.0787. The minimum absolute atomic E-state index is 0.0787. The van der Waals surface area contributed by atoms with Gasteiger partial charge in [0.25, 0.3) is 0 Å². The second kappa shape index (κ2) is 8.59. The fourth-order valence-corrected chi connectivity index (χ4v) is 3.96. The van der Waals surface area contributed by atoms with Crippen LogP contribution in [0, 0.1) is 6.92 Å². The number of esters is 1. The summed E-state index contributed by atoms with van der Waals surface area (Å²) in [4.78, 5) is 17.8. The highest BCUT2D eigenvalue weighted by Gasteiger charge is 2.29. The van der Waals surface area contributed by atoms with Gasteiger partial charge in [0.15, 0.2) is 5.82 Å². The molecule has 0 saturated carbocycles. The number of aliphatic imine (C=N–C) groups is 1. The molecule has 0 N–H and O–H groups in total. The van der Waals surface area contributed by atoms with Crippen LogP contribution in [-0.4, -0.2) is 26.4 Å². The summed E-state index contributed by atoms with van der Waals surface area (Å²) in [6.45, 7) is 2.14. The molecule has 4 aromatic rings. The van der Waals surface area contributed by atoms with E-state index in [0.717, 1.165) is 33.9 Å². The lowest BCUT2D eigenvalue weighted by Crippen LogP contribution is -2.13. The zero-order valence-electron chi connectivity index (χ0n) is 17.7. The number of carbonyl (C=O) groups is 1. The first-order valence-corrected chi connectivity index (χ1v) is 10.5. The molecule has 158 valence electrons. The largest absolute Gasteiger partial charge is 0.461 e. The quantitative estimate of drug-likeness (QED) is 0.441. The van der Waals surface area contributed by atoms with Crippen molar-refractivity contribution < 1.29 is 9.53 Å². The maximum atomic E-state index is 12.8. The summed E-state index contributed by atoms with van der Waals surface area (Å²) in [7, 11) is 0. The highest BCUT2D eigenvalue weighted by atomic mass is 16.5. The first-order valence-electron chi connectivity index (χ1n) is 10.5. The van der Waals surface area contributed by atoms with Gasteiger partial charge >= 0.3 is 5.97 Å². The normalized spacial score (nSPS) is 14.7. The van der Waals surface area contributed by atoms with Crippen molar-refractivity contribution in [2.45, 2.75) is 26.0 Å². The third-order valence-corrected chi connectivity index (χ3v) is 5.48. The van der Waals surface area contributed by atoms with Gasteiger partial charge in [-0.1, -0.05) is 78.9 Å². The summed E-state index contributed by atoms with van der Waals surface area (Å²) in [5, 5.41) is 8.67. The minimum atomic E-state index is -0.512. The lowest BCUT2D eigenvalue weighted by molar-refractivity contribution is -0.145. The number of hydrogen-bond acceptors (Lipinski definition) is 5. The SMILES string of the molecule is Cc1nnc2n1-c1ccccc1C(c1ccccc1)=NC2CC(=O)OCc1ccccc1. The van der Waals surface area contributed by atoms with Gasteiger partial charge in [-0.05, 0) is 18.6 Å². The van der Waals surface area contributed by atoms with E-state index in [1.165, 1.54) is 0 Å². The first kappa shape index (κ1) is 19.9. The molecular weight excluding hydrogens is 400 g/mol. The van der Waals surface area contributed by atoms with Crippen molar-refractivity contribution in [3.05, 3.63) is 113 Å². The van der Waals surface area contributed by atoms with Crippen molar-refractivity contribution in [2.75, 3.05) is 0 Å². The molecule has 2 heterocycles. The van der Waals surface area contributed by atoms with Crippen molar-refractivity contribution >= 4 is 11.7 Å². The highest BCUT2D eigenvalue weighted by molar-refractivity contribution is 6.15. The van der Waals surface area contributed by atoms with E-state index in [2.05, 4.69) is 10.2 Å². The topological polar surface area (TPSA) is 69.4 Å². The van der Waals surface area contributed by atoms with Gasteiger partial charge in [0.1, 0.15) is 18.5 Å². The van der Waals surface area contributed by atoms with Gasteiger partial charge in [-0.15, -0.1) is 10.2 Å². The van der Waals surface area contributed by atoms with Crippen LogP contribution >= 0.6 is 0 Å². The molecule has 6 nitrogen and oxygen atoms in total. The van der Waals surface area contributed by atoms with Crippen LogP contribution in [0.5, 0.6) is 0 Å². The van der Waals surface area contributed by atoms with Crippen LogP contribution in [0.3, 0.4) is 0 Å². The molecule has 1 aliphatic rings.